The van der Waals surface area contributed by atoms with E-state index in [1.54, 1.807) is 0 Å². The molecule has 1 N–H and O–H groups in total. The summed E-state index contributed by atoms with van der Waals surface area (Å²) in [5.41, 5.74) is 1.26. The van der Waals surface area contributed by atoms with Gasteiger partial charge in [0.2, 0.25) is 0 Å². The van der Waals surface area contributed by atoms with E-state index in [-0.39, 0.29) is 0 Å². The second-order valence-electron chi connectivity index (χ2n) is 4.95. The second-order valence-corrected chi connectivity index (χ2v) is 4.95. The smallest absolute Gasteiger partial charge is 0.124 e. The maximum atomic E-state index is 5.74. The van der Waals surface area contributed by atoms with Crippen LogP contribution in [-0.2, 0) is 4.74 Å². The van der Waals surface area contributed by atoms with Crippen LogP contribution in [0.25, 0.3) is 0 Å². The first-order chi connectivity index (χ1) is 9.33. The molecule has 0 aliphatic carbocycles. The monoisotopic (exact) mass is 261 g/mol. The van der Waals surface area contributed by atoms with Crippen molar-refractivity contribution in [3.05, 3.63) is 42.5 Å². The number of ether oxygens (including phenoxy) is 2. The highest BCUT2D eigenvalue weighted by Gasteiger charge is 2.26. The molecule has 1 aliphatic rings. The Morgan fingerprint density at radius 2 is 2.26 bits per heavy atom. The second kappa shape index (κ2) is 7.31. The van der Waals surface area contributed by atoms with Gasteiger partial charge in [-0.1, -0.05) is 31.2 Å². The normalized spacial score (nSPS) is 21.5. The molecule has 3 nitrogen and oxygen atoms in total. The summed E-state index contributed by atoms with van der Waals surface area (Å²) < 4.78 is 11.3. The predicted molar refractivity (Wildman–Crippen MR) is 77.5 cm³/mol. The van der Waals surface area contributed by atoms with Crippen LogP contribution in [0.3, 0.4) is 0 Å². The molecule has 1 aromatic carbocycles. The van der Waals surface area contributed by atoms with Crippen LogP contribution in [0.4, 0.5) is 0 Å². The zero-order valence-electron chi connectivity index (χ0n) is 11.6. The molecular formula is C16H23NO2. The van der Waals surface area contributed by atoms with Gasteiger partial charge in [0.15, 0.2) is 0 Å². The minimum atomic E-state index is 0.355. The molecule has 0 radical (unpaired) electrons. The number of fused-ring (bicyclic) bond motifs is 1. The standard InChI is InChI=1S/C16H23NO2/c1-3-4-10-18-11-9-17-16-13(2)12-19-15-8-6-5-7-14(15)16/h3,5-8,13,16-17H,1,4,9-12H2,2H3. The van der Waals surface area contributed by atoms with Crippen LogP contribution in [0.2, 0.25) is 0 Å². The number of nitrogens with one attached hydrogen (secondary N) is 1. The van der Waals surface area contributed by atoms with E-state index in [4.69, 9.17) is 9.47 Å². The molecule has 1 aromatic rings. The van der Waals surface area contributed by atoms with Crippen molar-refractivity contribution in [2.75, 3.05) is 26.4 Å². The maximum Gasteiger partial charge on any atom is 0.124 e. The van der Waals surface area contributed by atoms with Crippen LogP contribution in [0.1, 0.15) is 24.9 Å². The molecule has 19 heavy (non-hydrogen) atoms. The fraction of sp³-hybridized carbons (Fsp3) is 0.500. The Morgan fingerprint density at radius 3 is 3.11 bits per heavy atom. The molecule has 0 bridgehead atoms. The molecule has 104 valence electrons. The molecule has 2 unspecified atom stereocenters. The highest BCUT2D eigenvalue weighted by molar-refractivity contribution is 5.37. The van der Waals surface area contributed by atoms with E-state index in [0.717, 1.165) is 38.5 Å². The molecule has 0 saturated heterocycles. The number of hydrogen-bond donors (Lipinski definition) is 1. The summed E-state index contributed by atoms with van der Waals surface area (Å²) >= 11 is 0. The van der Waals surface area contributed by atoms with Crippen LogP contribution in [0, 0.1) is 5.92 Å². The summed E-state index contributed by atoms with van der Waals surface area (Å²) in [6.07, 6.45) is 2.79. The van der Waals surface area contributed by atoms with Crippen molar-refractivity contribution in [3.63, 3.8) is 0 Å². The SMILES string of the molecule is C=CCCOCCNC1c2ccccc2OCC1C. The summed E-state index contributed by atoms with van der Waals surface area (Å²) in [7, 11) is 0. The highest BCUT2D eigenvalue weighted by Crippen LogP contribution is 2.34. The molecule has 2 atom stereocenters. The number of para-hydroxylation sites is 1. The van der Waals surface area contributed by atoms with E-state index in [1.165, 1.54) is 5.56 Å². The van der Waals surface area contributed by atoms with Gasteiger partial charge in [0, 0.05) is 24.1 Å². The quantitative estimate of drug-likeness (QED) is 0.604. The molecular weight excluding hydrogens is 238 g/mol. The van der Waals surface area contributed by atoms with Gasteiger partial charge in [-0.2, -0.15) is 0 Å². The van der Waals surface area contributed by atoms with Gasteiger partial charge >= 0.3 is 0 Å². The number of hydrogen-bond acceptors (Lipinski definition) is 3. The Hall–Kier alpha value is -1.32. The molecule has 3 heteroatoms. The van der Waals surface area contributed by atoms with Crippen LogP contribution in [0.5, 0.6) is 5.75 Å². The summed E-state index contributed by atoms with van der Waals surface area (Å²) in [5, 5.41) is 3.57. The van der Waals surface area contributed by atoms with Crippen molar-refractivity contribution in [1.29, 1.82) is 0 Å². The molecule has 1 heterocycles. The molecule has 1 aliphatic heterocycles. The van der Waals surface area contributed by atoms with E-state index >= 15 is 0 Å². The Kier molecular flexibility index (Phi) is 5.43. The van der Waals surface area contributed by atoms with Crippen LogP contribution < -0.4 is 10.1 Å². The molecule has 0 fully saturated rings. The average molecular weight is 261 g/mol. The van der Waals surface area contributed by atoms with Gasteiger partial charge in [-0.3, -0.25) is 0 Å². The van der Waals surface area contributed by atoms with E-state index < -0.39 is 0 Å². The van der Waals surface area contributed by atoms with Gasteiger partial charge in [-0.25, -0.2) is 0 Å². The van der Waals surface area contributed by atoms with Crippen molar-refractivity contribution >= 4 is 0 Å². The third-order valence-corrected chi connectivity index (χ3v) is 3.40. The first-order valence-electron chi connectivity index (χ1n) is 6.96. The molecule has 2 rings (SSSR count). The summed E-state index contributed by atoms with van der Waals surface area (Å²) in [5.74, 6) is 1.48. The van der Waals surface area contributed by atoms with Gasteiger partial charge < -0.3 is 14.8 Å². The highest BCUT2D eigenvalue weighted by atomic mass is 16.5. The van der Waals surface area contributed by atoms with E-state index in [0.29, 0.717) is 12.0 Å². The van der Waals surface area contributed by atoms with Gasteiger partial charge in [-0.15, -0.1) is 6.58 Å². The number of benzene rings is 1. The summed E-state index contributed by atoms with van der Waals surface area (Å²) in [6, 6.07) is 8.62. The van der Waals surface area contributed by atoms with Crippen molar-refractivity contribution in [3.8, 4) is 5.75 Å². The minimum Gasteiger partial charge on any atom is -0.493 e. The Morgan fingerprint density at radius 1 is 1.42 bits per heavy atom. The third kappa shape index (κ3) is 3.82. The van der Waals surface area contributed by atoms with Crippen molar-refractivity contribution in [2.24, 2.45) is 5.92 Å². The van der Waals surface area contributed by atoms with Gasteiger partial charge in [-0.05, 0) is 12.5 Å². The molecule has 0 aromatic heterocycles. The lowest BCUT2D eigenvalue weighted by Gasteiger charge is -2.32. The topological polar surface area (TPSA) is 30.5 Å². The third-order valence-electron chi connectivity index (χ3n) is 3.40. The summed E-state index contributed by atoms with van der Waals surface area (Å²) in [6.45, 7) is 9.01. The number of rotatable bonds is 7. The lowest BCUT2D eigenvalue weighted by atomic mass is 9.92. The van der Waals surface area contributed by atoms with Gasteiger partial charge in [0.05, 0.1) is 19.8 Å². The van der Waals surface area contributed by atoms with Crippen LogP contribution >= 0.6 is 0 Å². The van der Waals surface area contributed by atoms with Crippen LogP contribution in [-0.4, -0.2) is 26.4 Å². The molecule has 0 saturated carbocycles. The Bertz CT molecular complexity index is 405. The maximum absolute atomic E-state index is 5.74. The van der Waals surface area contributed by atoms with Crippen molar-refractivity contribution in [1.82, 2.24) is 5.32 Å². The molecule has 0 amide bonds. The van der Waals surface area contributed by atoms with E-state index in [1.807, 2.05) is 18.2 Å². The molecule has 0 spiro atoms. The average Bonchev–Trinajstić information content (AvgIpc) is 2.44. The lowest BCUT2D eigenvalue weighted by molar-refractivity contribution is 0.128. The Labute approximate surface area is 115 Å². The zero-order chi connectivity index (χ0) is 13.5. The van der Waals surface area contributed by atoms with E-state index in [2.05, 4.69) is 31.0 Å². The lowest BCUT2D eigenvalue weighted by Crippen LogP contribution is -2.35. The van der Waals surface area contributed by atoms with E-state index in [9.17, 15) is 0 Å². The van der Waals surface area contributed by atoms with Crippen LogP contribution in [0.15, 0.2) is 36.9 Å². The predicted octanol–water partition coefficient (Wildman–Crippen LogP) is 2.94. The van der Waals surface area contributed by atoms with Crippen molar-refractivity contribution in [2.45, 2.75) is 19.4 Å². The fourth-order valence-electron chi connectivity index (χ4n) is 2.36. The zero-order valence-corrected chi connectivity index (χ0v) is 11.6. The first-order valence-corrected chi connectivity index (χ1v) is 6.96. The van der Waals surface area contributed by atoms with Crippen molar-refractivity contribution < 1.29 is 9.47 Å². The minimum absolute atomic E-state index is 0.355. The first kappa shape index (κ1) is 14.1. The Balaban J connectivity index is 1.84. The fourth-order valence-corrected chi connectivity index (χ4v) is 2.36. The van der Waals surface area contributed by atoms with Gasteiger partial charge in [0.25, 0.3) is 0 Å². The summed E-state index contributed by atoms with van der Waals surface area (Å²) in [4.78, 5) is 0. The van der Waals surface area contributed by atoms with Gasteiger partial charge in [0.1, 0.15) is 5.75 Å². The largest absolute Gasteiger partial charge is 0.493 e.